The summed E-state index contributed by atoms with van der Waals surface area (Å²) in [6, 6.07) is 15.0. The summed E-state index contributed by atoms with van der Waals surface area (Å²) in [5.74, 6) is -2.98. The van der Waals surface area contributed by atoms with Gasteiger partial charge in [0.25, 0.3) is 0 Å². The van der Waals surface area contributed by atoms with Gasteiger partial charge in [-0.05, 0) is 55.0 Å². The Kier molecular flexibility index (Phi) is 6.27. The van der Waals surface area contributed by atoms with Gasteiger partial charge in [0.05, 0.1) is 0 Å². The van der Waals surface area contributed by atoms with Crippen molar-refractivity contribution in [3.8, 4) is 11.5 Å². The molecule has 30 heavy (non-hydrogen) atoms. The lowest BCUT2D eigenvalue weighted by molar-refractivity contribution is -0.128. The monoisotopic (exact) mass is 430 g/mol. The molecule has 154 valence electrons. The van der Waals surface area contributed by atoms with Gasteiger partial charge in [0.1, 0.15) is 16.4 Å². The SMILES string of the molecule is Cc1ccc(S(=O)(=O)Oc2ccc(/C=C/C(=O)Oc3ccc(F)c(F)c3)cc2)cc1. The fraction of sp³-hybridized carbons (Fsp3) is 0.0455. The van der Waals surface area contributed by atoms with Crippen molar-refractivity contribution in [3.63, 3.8) is 0 Å². The van der Waals surface area contributed by atoms with Crippen molar-refractivity contribution >= 4 is 22.2 Å². The maximum atomic E-state index is 13.1. The number of aryl methyl sites for hydroxylation is 1. The maximum absolute atomic E-state index is 13.1. The van der Waals surface area contributed by atoms with Crippen LogP contribution in [-0.4, -0.2) is 14.4 Å². The highest BCUT2D eigenvalue weighted by atomic mass is 32.2. The maximum Gasteiger partial charge on any atom is 0.339 e. The lowest BCUT2D eigenvalue weighted by Gasteiger charge is -2.07. The van der Waals surface area contributed by atoms with E-state index in [0.29, 0.717) is 5.56 Å². The molecule has 0 aromatic heterocycles. The minimum Gasteiger partial charge on any atom is -0.423 e. The second-order valence-corrected chi connectivity index (χ2v) is 7.80. The van der Waals surface area contributed by atoms with Crippen molar-refractivity contribution in [1.82, 2.24) is 0 Å². The number of halogens is 2. The minimum absolute atomic E-state index is 0.0389. The van der Waals surface area contributed by atoms with Gasteiger partial charge in [0.2, 0.25) is 0 Å². The Morgan fingerprint density at radius 2 is 1.50 bits per heavy atom. The molecule has 0 aliphatic rings. The van der Waals surface area contributed by atoms with Gasteiger partial charge < -0.3 is 8.92 Å². The Morgan fingerprint density at radius 3 is 2.13 bits per heavy atom. The first-order valence-electron chi connectivity index (χ1n) is 8.69. The third-order valence-corrected chi connectivity index (χ3v) is 5.18. The summed E-state index contributed by atoms with van der Waals surface area (Å²) < 4.78 is 60.5. The van der Waals surface area contributed by atoms with Crippen LogP contribution in [-0.2, 0) is 14.9 Å². The van der Waals surface area contributed by atoms with Crippen LogP contribution in [0.3, 0.4) is 0 Å². The number of benzene rings is 3. The minimum atomic E-state index is -3.96. The van der Waals surface area contributed by atoms with E-state index in [0.717, 1.165) is 29.8 Å². The van der Waals surface area contributed by atoms with Gasteiger partial charge in [-0.25, -0.2) is 13.6 Å². The third kappa shape index (κ3) is 5.51. The average molecular weight is 430 g/mol. The summed E-state index contributed by atoms with van der Waals surface area (Å²) in [4.78, 5) is 11.8. The van der Waals surface area contributed by atoms with E-state index in [9.17, 15) is 22.0 Å². The number of carbonyl (C=O) groups is 1. The molecule has 3 aromatic carbocycles. The Balaban J connectivity index is 1.63. The van der Waals surface area contributed by atoms with Crippen LogP contribution >= 0.6 is 0 Å². The van der Waals surface area contributed by atoms with Crippen LogP contribution in [0, 0.1) is 18.6 Å². The second kappa shape index (κ2) is 8.87. The first-order valence-corrected chi connectivity index (χ1v) is 10.1. The van der Waals surface area contributed by atoms with E-state index in [2.05, 4.69) is 0 Å². The molecule has 8 heteroatoms. The van der Waals surface area contributed by atoms with Gasteiger partial charge in [0.15, 0.2) is 11.6 Å². The van der Waals surface area contributed by atoms with E-state index >= 15 is 0 Å². The van der Waals surface area contributed by atoms with Crippen LogP contribution in [0.2, 0.25) is 0 Å². The fourth-order valence-corrected chi connectivity index (χ4v) is 3.30. The van der Waals surface area contributed by atoms with E-state index < -0.39 is 27.7 Å². The highest BCUT2D eigenvalue weighted by Crippen LogP contribution is 2.20. The van der Waals surface area contributed by atoms with Gasteiger partial charge in [-0.2, -0.15) is 8.42 Å². The van der Waals surface area contributed by atoms with Crippen molar-refractivity contribution in [2.24, 2.45) is 0 Å². The third-order valence-electron chi connectivity index (χ3n) is 3.92. The van der Waals surface area contributed by atoms with Crippen molar-refractivity contribution in [1.29, 1.82) is 0 Å². The molecule has 0 bridgehead atoms. The molecule has 0 aliphatic heterocycles. The molecule has 0 spiro atoms. The van der Waals surface area contributed by atoms with Crippen molar-refractivity contribution < 1.29 is 30.9 Å². The Hall–Kier alpha value is -3.52. The van der Waals surface area contributed by atoms with E-state index in [1.165, 1.54) is 30.3 Å². The van der Waals surface area contributed by atoms with Crippen LogP contribution in [0.15, 0.2) is 77.7 Å². The molecule has 3 rings (SSSR count). The van der Waals surface area contributed by atoms with Gasteiger partial charge >= 0.3 is 16.1 Å². The van der Waals surface area contributed by atoms with Crippen LogP contribution in [0.4, 0.5) is 8.78 Å². The van der Waals surface area contributed by atoms with Gasteiger partial charge in [-0.15, -0.1) is 0 Å². The van der Waals surface area contributed by atoms with Crippen LogP contribution in [0.25, 0.3) is 6.08 Å². The molecule has 5 nitrogen and oxygen atoms in total. The highest BCUT2D eigenvalue weighted by molar-refractivity contribution is 7.87. The number of rotatable bonds is 6. The Bertz CT molecular complexity index is 1190. The van der Waals surface area contributed by atoms with Crippen molar-refractivity contribution in [3.05, 3.63) is 95.6 Å². The van der Waals surface area contributed by atoms with Crippen LogP contribution in [0.5, 0.6) is 11.5 Å². The molecule has 0 amide bonds. The quantitative estimate of drug-likeness (QED) is 0.246. The largest absolute Gasteiger partial charge is 0.423 e. The molecule has 0 unspecified atom stereocenters. The number of hydrogen-bond donors (Lipinski definition) is 0. The fourth-order valence-electron chi connectivity index (χ4n) is 2.37. The van der Waals surface area contributed by atoms with Gasteiger partial charge in [-0.1, -0.05) is 29.8 Å². The molecule has 0 saturated carbocycles. The molecule has 0 heterocycles. The summed E-state index contributed by atoms with van der Waals surface area (Å²) in [7, 11) is -3.96. The predicted molar refractivity (Wildman–Crippen MR) is 106 cm³/mol. The van der Waals surface area contributed by atoms with Gasteiger partial charge in [0, 0.05) is 12.1 Å². The van der Waals surface area contributed by atoms with Crippen LogP contribution < -0.4 is 8.92 Å². The van der Waals surface area contributed by atoms with E-state index in [1.807, 2.05) is 6.92 Å². The topological polar surface area (TPSA) is 69.7 Å². The molecule has 0 fully saturated rings. The van der Waals surface area contributed by atoms with E-state index in [-0.39, 0.29) is 16.4 Å². The molecule has 0 saturated heterocycles. The number of esters is 1. The highest BCUT2D eigenvalue weighted by Gasteiger charge is 2.16. The number of carbonyl (C=O) groups excluding carboxylic acids is 1. The molecular weight excluding hydrogens is 414 g/mol. The lowest BCUT2D eigenvalue weighted by atomic mass is 10.2. The zero-order valence-electron chi connectivity index (χ0n) is 15.7. The Labute approximate surface area is 172 Å². The molecule has 0 radical (unpaired) electrons. The molecule has 3 aromatic rings. The van der Waals surface area contributed by atoms with Gasteiger partial charge in [-0.3, -0.25) is 0 Å². The molecule has 0 atom stereocenters. The Morgan fingerprint density at radius 1 is 0.867 bits per heavy atom. The summed E-state index contributed by atoms with van der Waals surface area (Å²) in [5, 5.41) is 0. The summed E-state index contributed by atoms with van der Waals surface area (Å²) in [6.07, 6.45) is 2.51. The second-order valence-electron chi connectivity index (χ2n) is 6.25. The normalized spacial score (nSPS) is 11.4. The zero-order valence-corrected chi connectivity index (χ0v) is 16.5. The molecule has 0 N–H and O–H groups in total. The first kappa shape index (κ1) is 21.2. The zero-order chi connectivity index (χ0) is 21.7. The van der Waals surface area contributed by atoms with Crippen molar-refractivity contribution in [2.45, 2.75) is 11.8 Å². The first-order chi connectivity index (χ1) is 14.2. The number of hydrogen-bond acceptors (Lipinski definition) is 5. The predicted octanol–water partition coefficient (Wildman–Crippen LogP) is 4.66. The van der Waals surface area contributed by atoms with E-state index in [1.54, 1.807) is 24.3 Å². The van der Waals surface area contributed by atoms with Crippen molar-refractivity contribution in [2.75, 3.05) is 0 Å². The average Bonchev–Trinajstić information content (AvgIpc) is 2.70. The smallest absolute Gasteiger partial charge is 0.339 e. The number of ether oxygens (including phenoxy) is 1. The van der Waals surface area contributed by atoms with Crippen LogP contribution in [0.1, 0.15) is 11.1 Å². The summed E-state index contributed by atoms with van der Waals surface area (Å²) in [6.45, 7) is 1.84. The summed E-state index contributed by atoms with van der Waals surface area (Å²) in [5.41, 5.74) is 1.49. The summed E-state index contributed by atoms with van der Waals surface area (Å²) >= 11 is 0. The van der Waals surface area contributed by atoms with E-state index in [4.69, 9.17) is 8.92 Å². The lowest BCUT2D eigenvalue weighted by Crippen LogP contribution is -2.09. The molecular formula is C22H16F2O5S. The standard InChI is InChI=1S/C22H16F2O5S/c1-15-2-10-19(11-3-15)30(26,27)29-17-7-4-16(5-8-17)6-13-22(25)28-18-9-12-20(23)21(24)14-18/h2-14H,1H3/b13-6+. The molecule has 0 aliphatic carbocycles.